The third-order valence-electron chi connectivity index (χ3n) is 6.47. The number of nitrogens with zero attached hydrogens (tertiary/aromatic N) is 1. The normalized spacial score (nSPS) is 30.4. The predicted octanol–water partition coefficient (Wildman–Crippen LogP) is 4.62. The van der Waals surface area contributed by atoms with Crippen LogP contribution in [0.15, 0.2) is 24.3 Å². The van der Waals surface area contributed by atoms with E-state index in [4.69, 9.17) is 0 Å². The molecule has 0 spiro atoms. The summed E-state index contributed by atoms with van der Waals surface area (Å²) in [7, 11) is 0. The maximum Gasteiger partial charge on any atom is 0.202 e. The second-order valence-corrected chi connectivity index (χ2v) is 7.91. The van der Waals surface area contributed by atoms with Gasteiger partial charge in [0.1, 0.15) is 0 Å². The smallest absolute Gasteiger partial charge is 0.202 e. The first kappa shape index (κ1) is 13.5. The Bertz CT molecular complexity index is 747. The molecule has 23 heavy (non-hydrogen) atoms. The van der Waals surface area contributed by atoms with Crippen molar-refractivity contribution >= 4 is 0 Å². The van der Waals surface area contributed by atoms with E-state index in [0.29, 0.717) is 17.8 Å². The number of aromatic hydroxyl groups is 2. The van der Waals surface area contributed by atoms with E-state index in [2.05, 4.69) is 26.0 Å². The Balaban J connectivity index is 1.66. The van der Waals surface area contributed by atoms with Crippen LogP contribution < -0.4 is 0 Å². The van der Waals surface area contributed by atoms with Gasteiger partial charge >= 0.3 is 0 Å². The van der Waals surface area contributed by atoms with Crippen molar-refractivity contribution in [2.75, 3.05) is 0 Å². The monoisotopic (exact) mass is 309 g/mol. The van der Waals surface area contributed by atoms with Crippen molar-refractivity contribution in [2.45, 2.75) is 50.9 Å². The molecule has 3 nitrogen and oxygen atoms in total. The van der Waals surface area contributed by atoms with E-state index < -0.39 is 0 Å². The van der Waals surface area contributed by atoms with Crippen LogP contribution in [0.4, 0.5) is 0 Å². The second kappa shape index (κ2) is 4.34. The molecule has 0 saturated heterocycles. The van der Waals surface area contributed by atoms with E-state index in [1.54, 1.807) is 4.57 Å². The summed E-state index contributed by atoms with van der Waals surface area (Å²) in [6.45, 7) is 4.34. The number of rotatable bonds is 2. The summed E-state index contributed by atoms with van der Waals surface area (Å²) in [6.07, 6.45) is 3.62. The van der Waals surface area contributed by atoms with Crippen LogP contribution in [0.25, 0.3) is 5.69 Å². The van der Waals surface area contributed by atoms with Gasteiger partial charge < -0.3 is 10.2 Å². The van der Waals surface area contributed by atoms with Crippen molar-refractivity contribution in [1.82, 2.24) is 4.57 Å². The molecule has 2 saturated carbocycles. The fourth-order valence-electron chi connectivity index (χ4n) is 5.23. The van der Waals surface area contributed by atoms with Crippen LogP contribution in [0, 0.1) is 11.8 Å². The fraction of sp³-hybridized carbons (Fsp3) is 0.500. The van der Waals surface area contributed by atoms with Gasteiger partial charge in [-0.1, -0.05) is 26.0 Å². The van der Waals surface area contributed by atoms with Crippen molar-refractivity contribution in [3.63, 3.8) is 0 Å². The summed E-state index contributed by atoms with van der Waals surface area (Å²) in [5, 5.41) is 21.7. The molecule has 3 heteroatoms. The highest BCUT2D eigenvalue weighted by atomic mass is 16.3. The molecule has 0 radical (unpaired) electrons. The molecular weight excluding hydrogens is 286 g/mol. The Morgan fingerprint density at radius 3 is 1.91 bits per heavy atom. The van der Waals surface area contributed by atoms with Gasteiger partial charge in [0, 0.05) is 11.1 Å². The third-order valence-corrected chi connectivity index (χ3v) is 6.47. The first-order valence-corrected chi connectivity index (χ1v) is 8.84. The van der Waals surface area contributed by atoms with Crippen LogP contribution in [0.5, 0.6) is 11.8 Å². The zero-order chi connectivity index (χ0) is 15.9. The lowest BCUT2D eigenvalue weighted by atomic mass is 9.68. The molecular formula is C20H23NO2. The molecule has 0 amide bonds. The Labute approximate surface area is 136 Å². The van der Waals surface area contributed by atoms with Crippen molar-refractivity contribution in [3.05, 3.63) is 41.0 Å². The minimum absolute atomic E-state index is 0.273. The fourth-order valence-corrected chi connectivity index (χ4v) is 5.23. The van der Waals surface area contributed by atoms with E-state index in [-0.39, 0.29) is 11.8 Å². The molecule has 0 aliphatic heterocycles. The highest BCUT2D eigenvalue weighted by molar-refractivity contribution is 5.59. The topological polar surface area (TPSA) is 45.4 Å². The zero-order valence-corrected chi connectivity index (χ0v) is 13.7. The number of benzene rings is 1. The Hall–Kier alpha value is -1.90. The van der Waals surface area contributed by atoms with Gasteiger partial charge in [-0.3, -0.25) is 4.57 Å². The summed E-state index contributed by atoms with van der Waals surface area (Å²) in [5.41, 5.74) is 4.22. The lowest BCUT2D eigenvalue weighted by molar-refractivity contribution is 0.322. The molecule has 4 atom stereocenters. The summed E-state index contributed by atoms with van der Waals surface area (Å²) in [4.78, 5) is 0. The first-order valence-electron chi connectivity index (χ1n) is 8.84. The molecule has 1 aromatic heterocycles. The Kier molecular flexibility index (Phi) is 2.55. The standard InChI is InChI=1S/C20H23NO2/c1-10(2)11-3-5-12(6-4-11)21-19(22)17-13-7-8-14(16-9-15(13)16)18(17)20(21)23/h3-6,10,13-16,22-23H,7-9H2,1-2H3/t13-,14+,15+,16-. The third kappa shape index (κ3) is 1.65. The average molecular weight is 309 g/mol. The highest BCUT2D eigenvalue weighted by Gasteiger charge is 2.58. The molecule has 120 valence electrons. The lowest BCUT2D eigenvalue weighted by Gasteiger charge is -2.35. The van der Waals surface area contributed by atoms with E-state index in [1.807, 2.05) is 12.1 Å². The molecule has 6 rings (SSSR count). The summed E-state index contributed by atoms with van der Waals surface area (Å²) >= 11 is 0. The molecule has 2 N–H and O–H groups in total. The molecule has 2 bridgehead atoms. The highest BCUT2D eigenvalue weighted by Crippen LogP contribution is 2.70. The van der Waals surface area contributed by atoms with Gasteiger partial charge in [0.2, 0.25) is 11.8 Å². The van der Waals surface area contributed by atoms with Crippen LogP contribution in [-0.2, 0) is 0 Å². The minimum atomic E-state index is 0.273. The van der Waals surface area contributed by atoms with Crippen LogP contribution in [0.3, 0.4) is 0 Å². The maximum absolute atomic E-state index is 10.8. The van der Waals surface area contributed by atoms with Crippen LogP contribution >= 0.6 is 0 Å². The van der Waals surface area contributed by atoms with Gasteiger partial charge in [-0.15, -0.1) is 0 Å². The second-order valence-electron chi connectivity index (χ2n) is 7.91. The van der Waals surface area contributed by atoms with Gasteiger partial charge in [0.25, 0.3) is 0 Å². The van der Waals surface area contributed by atoms with Crippen molar-refractivity contribution in [2.24, 2.45) is 11.8 Å². The number of hydrogen-bond acceptors (Lipinski definition) is 2. The van der Waals surface area contributed by atoms with Gasteiger partial charge in [-0.2, -0.15) is 0 Å². The average Bonchev–Trinajstić information content (AvgIpc) is 3.32. The maximum atomic E-state index is 10.8. The quantitative estimate of drug-likeness (QED) is 0.850. The van der Waals surface area contributed by atoms with Gasteiger partial charge in [0.15, 0.2) is 0 Å². The summed E-state index contributed by atoms with van der Waals surface area (Å²) < 4.78 is 1.66. The van der Waals surface area contributed by atoms with Crippen LogP contribution in [0.2, 0.25) is 0 Å². The number of fused-ring (bicyclic) bond motifs is 1. The van der Waals surface area contributed by atoms with Gasteiger partial charge in [-0.05, 0) is 66.5 Å². The number of aromatic nitrogens is 1. The molecule has 4 aliphatic carbocycles. The largest absolute Gasteiger partial charge is 0.494 e. The molecule has 2 fully saturated rings. The van der Waals surface area contributed by atoms with Crippen molar-refractivity contribution in [3.8, 4) is 17.4 Å². The zero-order valence-electron chi connectivity index (χ0n) is 13.7. The molecule has 1 heterocycles. The van der Waals surface area contributed by atoms with E-state index >= 15 is 0 Å². The predicted molar refractivity (Wildman–Crippen MR) is 89.5 cm³/mol. The van der Waals surface area contributed by atoms with E-state index in [9.17, 15) is 10.2 Å². The van der Waals surface area contributed by atoms with E-state index in [0.717, 1.165) is 28.7 Å². The lowest BCUT2D eigenvalue weighted by Crippen LogP contribution is -2.22. The van der Waals surface area contributed by atoms with Crippen molar-refractivity contribution in [1.29, 1.82) is 0 Å². The first-order chi connectivity index (χ1) is 11.1. The molecule has 0 unspecified atom stereocenters. The van der Waals surface area contributed by atoms with Crippen LogP contribution in [-0.4, -0.2) is 14.8 Å². The SMILES string of the molecule is CC(C)c1ccc(-n2c(O)c3c(c2O)[C@@H]2CC[C@H]3[C@H]3C[C@H]32)cc1. The minimum Gasteiger partial charge on any atom is -0.494 e. The molecule has 2 aromatic rings. The molecule has 4 aliphatic rings. The molecule has 1 aromatic carbocycles. The van der Waals surface area contributed by atoms with Gasteiger partial charge in [0.05, 0.1) is 5.69 Å². The number of hydrogen-bond donors (Lipinski definition) is 2. The Morgan fingerprint density at radius 2 is 1.43 bits per heavy atom. The van der Waals surface area contributed by atoms with Gasteiger partial charge in [-0.25, -0.2) is 0 Å². The van der Waals surface area contributed by atoms with E-state index in [1.165, 1.54) is 24.8 Å². The Morgan fingerprint density at radius 1 is 0.913 bits per heavy atom. The van der Waals surface area contributed by atoms with Crippen LogP contribution in [0.1, 0.15) is 67.6 Å². The summed E-state index contributed by atoms with van der Waals surface area (Å²) in [5.74, 6) is 3.46. The van der Waals surface area contributed by atoms with Crippen molar-refractivity contribution < 1.29 is 10.2 Å². The summed E-state index contributed by atoms with van der Waals surface area (Å²) in [6, 6.07) is 8.18.